The van der Waals surface area contributed by atoms with E-state index in [-0.39, 0.29) is 17.7 Å². The molecule has 0 spiro atoms. The van der Waals surface area contributed by atoms with Gasteiger partial charge in [-0.2, -0.15) is 0 Å². The summed E-state index contributed by atoms with van der Waals surface area (Å²) >= 11 is 0. The smallest absolute Gasteiger partial charge is 0.251 e. The molecule has 1 aliphatic carbocycles. The van der Waals surface area contributed by atoms with Crippen LogP contribution in [0.5, 0.6) is 11.5 Å². The molecule has 2 amide bonds. The number of hydrogen-bond acceptors (Lipinski definition) is 5. The minimum atomic E-state index is -0.220. The van der Waals surface area contributed by atoms with Crippen LogP contribution in [0.1, 0.15) is 34.8 Å². The van der Waals surface area contributed by atoms with E-state index in [1.807, 2.05) is 30.3 Å². The number of ether oxygens (including phenoxy) is 2. The SMILES string of the molecule is COc1cc(CNC(=O)c2cccc(NC(=O)C3CC3C)c2)ccc1OCc1ccncc1. The Kier molecular flexibility index (Phi) is 6.88. The van der Waals surface area contributed by atoms with Crippen LogP contribution in [0.2, 0.25) is 0 Å². The van der Waals surface area contributed by atoms with Crippen LogP contribution in [0.3, 0.4) is 0 Å². The molecule has 170 valence electrons. The fourth-order valence-electron chi connectivity index (χ4n) is 3.53. The minimum absolute atomic E-state index is 0.0124. The lowest BCUT2D eigenvalue weighted by molar-refractivity contribution is -0.117. The number of carbonyl (C=O) groups excluding carboxylic acids is 2. The Morgan fingerprint density at radius 3 is 2.55 bits per heavy atom. The lowest BCUT2D eigenvalue weighted by atomic mass is 10.1. The van der Waals surface area contributed by atoms with Crippen LogP contribution in [-0.4, -0.2) is 23.9 Å². The van der Waals surface area contributed by atoms with Gasteiger partial charge in [-0.1, -0.05) is 19.1 Å². The van der Waals surface area contributed by atoms with Crippen LogP contribution in [-0.2, 0) is 17.9 Å². The topological polar surface area (TPSA) is 89.6 Å². The molecular weight excluding hydrogens is 418 g/mol. The lowest BCUT2D eigenvalue weighted by Gasteiger charge is -2.13. The van der Waals surface area contributed by atoms with Crippen LogP contribution < -0.4 is 20.1 Å². The van der Waals surface area contributed by atoms with E-state index in [0.717, 1.165) is 17.5 Å². The van der Waals surface area contributed by atoms with Crippen molar-refractivity contribution in [2.75, 3.05) is 12.4 Å². The second-order valence-electron chi connectivity index (χ2n) is 8.20. The molecule has 3 aromatic rings. The van der Waals surface area contributed by atoms with Gasteiger partial charge in [0.1, 0.15) is 6.61 Å². The van der Waals surface area contributed by atoms with Crippen molar-refractivity contribution in [1.82, 2.24) is 10.3 Å². The van der Waals surface area contributed by atoms with Gasteiger partial charge in [0.05, 0.1) is 7.11 Å². The number of benzene rings is 2. The van der Waals surface area contributed by atoms with Gasteiger partial charge in [-0.3, -0.25) is 14.6 Å². The highest BCUT2D eigenvalue weighted by Crippen LogP contribution is 2.38. The average Bonchev–Trinajstić information content (AvgIpc) is 3.59. The summed E-state index contributed by atoms with van der Waals surface area (Å²) in [5, 5.41) is 5.81. The van der Waals surface area contributed by atoms with Crippen LogP contribution >= 0.6 is 0 Å². The second kappa shape index (κ2) is 10.2. The molecule has 33 heavy (non-hydrogen) atoms. The predicted molar refractivity (Wildman–Crippen MR) is 125 cm³/mol. The highest BCUT2D eigenvalue weighted by atomic mass is 16.5. The molecule has 1 heterocycles. The zero-order chi connectivity index (χ0) is 23.2. The van der Waals surface area contributed by atoms with E-state index in [4.69, 9.17) is 9.47 Å². The van der Waals surface area contributed by atoms with Gasteiger partial charge in [-0.25, -0.2) is 0 Å². The van der Waals surface area contributed by atoms with Crippen molar-refractivity contribution in [3.8, 4) is 11.5 Å². The number of carbonyl (C=O) groups is 2. The Morgan fingerprint density at radius 1 is 1.03 bits per heavy atom. The molecule has 7 heteroatoms. The summed E-state index contributed by atoms with van der Waals surface area (Å²) in [5.41, 5.74) is 3.00. The molecule has 0 saturated heterocycles. The van der Waals surface area contributed by atoms with Crippen LogP contribution in [0.15, 0.2) is 67.0 Å². The first-order valence-electron chi connectivity index (χ1n) is 10.9. The summed E-state index contributed by atoms with van der Waals surface area (Å²) in [7, 11) is 1.58. The number of aromatic nitrogens is 1. The number of methoxy groups -OCH3 is 1. The van der Waals surface area contributed by atoms with Gasteiger partial charge in [-0.05, 0) is 65.9 Å². The van der Waals surface area contributed by atoms with Crippen LogP contribution in [0.25, 0.3) is 0 Å². The number of amides is 2. The van der Waals surface area contributed by atoms with Crippen molar-refractivity contribution >= 4 is 17.5 Å². The highest BCUT2D eigenvalue weighted by Gasteiger charge is 2.39. The summed E-state index contributed by atoms with van der Waals surface area (Å²) in [4.78, 5) is 28.8. The van der Waals surface area contributed by atoms with E-state index < -0.39 is 0 Å². The molecule has 2 aromatic carbocycles. The molecule has 0 aliphatic heterocycles. The number of pyridine rings is 1. The number of hydrogen-bond donors (Lipinski definition) is 2. The lowest BCUT2D eigenvalue weighted by Crippen LogP contribution is -2.23. The van der Waals surface area contributed by atoms with Gasteiger partial charge in [0.15, 0.2) is 11.5 Å². The Bertz CT molecular complexity index is 1130. The molecule has 4 rings (SSSR count). The van der Waals surface area contributed by atoms with E-state index in [0.29, 0.717) is 41.8 Å². The standard InChI is InChI=1S/C26H27N3O4/c1-17-12-22(17)26(31)29-21-5-3-4-20(14-21)25(30)28-15-19-6-7-23(24(13-19)32-2)33-16-18-8-10-27-11-9-18/h3-11,13-14,17,22H,12,15-16H2,1-2H3,(H,28,30)(H,29,31). The van der Waals surface area contributed by atoms with Gasteiger partial charge in [-0.15, -0.1) is 0 Å². The van der Waals surface area contributed by atoms with Crippen molar-refractivity contribution in [1.29, 1.82) is 0 Å². The number of nitrogens with one attached hydrogen (secondary N) is 2. The third kappa shape index (κ3) is 5.88. The maximum absolute atomic E-state index is 12.7. The molecular formula is C26H27N3O4. The average molecular weight is 446 g/mol. The maximum atomic E-state index is 12.7. The summed E-state index contributed by atoms with van der Waals surface area (Å²) < 4.78 is 11.3. The zero-order valence-corrected chi connectivity index (χ0v) is 18.7. The van der Waals surface area contributed by atoms with Crippen molar-refractivity contribution in [3.63, 3.8) is 0 Å². The van der Waals surface area contributed by atoms with Crippen molar-refractivity contribution in [3.05, 3.63) is 83.7 Å². The number of rotatable bonds is 9. The number of anilines is 1. The molecule has 1 fully saturated rings. The molecule has 1 aliphatic rings. The van der Waals surface area contributed by atoms with Gasteiger partial charge in [0.25, 0.3) is 5.91 Å². The van der Waals surface area contributed by atoms with Crippen LogP contribution in [0, 0.1) is 11.8 Å². The molecule has 1 aromatic heterocycles. The first-order chi connectivity index (χ1) is 16.0. The third-order valence-electron chi connectivity index (χ3n) is 5.66. The monoisotopic (exact) mass is 445 g/mol. The van der Waals surface area contributed by atoms with Crippen LogP contribution in [0.4, 0.5) is 5.69 Å². The first kappa shape index (κ1) is 22.3. The summed E-state index contributed by atoms with van der Waals surface area (Å²) in [6.07, 6.45) is 4.36. The first-order valence-corrected chi connectivity index (χ1v) is 10.9. The van der Waals surface area contributed by atoms with Gasteiger partial charge in [0.2, 0.25) is 5.91 Å². The van der Waals surface area contributed by atoms with E-state index in [2.05, 4.69) is 22.5 Å². The van der Waals surface area contributed by atoms with Gasteiger partial charge < -0.3 is 20.1 Å². The van der Waals surface area contributed by atoms with E-state index in [9.17, 15) is 9.59 Å². The second-order valence-corrected chi connectivity index (χ2v) is 8.20. The normalized spacial score (nSPS) is 16.5. The molecule has 2 atom stereocenters. The molecule has 2 N–H and O–H groups in total. The molecule has 0 bridgehead atoms. The fraction of sp³-hybridized carbons (Fsp3) is 0.269. The van der Waals surface area contributed by atoms with Gasteiger partial charge in [0, 0.05) is 36.1 Å². The van der Waals surface area contributed by atoms with Crippen molar-refractivity contribution < 1.29 is 19.1 Å². The Balaban J connectivity index is 1.34. The Labute approximate surface area is 193 Å². The van der Waals surface area contributed by atoms with E-state index >= 15 is 0 Å². The third-order valence-corrected chi connectivity index (χ3v) is 5.66. The zero-order valence-electron chi connectivity index (χ0n) is 18.7. The Hall–Kier alpha value is -3.87. The predicted octanol–water partition coefficient (Wildman–Crippen LogP) is 4.19. The van der Waals surface area contributed by atoms with Crippen molar-refractivity contribution in [2.45, 2.75) is 26.5 Å². The quantitative estimate of drug-likeness (QED) is 0.515. The molecule has 2 unspecified atom stereocenters. The molecule has 7 nitrogen and oxygen atoms in total. The summed E-state index contributed by atoms with van der Waals surface area (Å²) in [6.45, 7) is 2.79. The highest BCUT2D eigenvalue weighted by molar-refractivity contribution is 5.98. The molecule has 0 radical (unpaired) electrons. The van der Waals surface area contributed by atoms with E-state index in [1.165, 1.54) is 0 Å². The fourth-order valence-corrected chi connectivity index (χ4v) is 3.53. The molecule has 1 saturated carbocycles. The maximum Gasteiger partial charge on any atom is 0.251 e. The minimum Gasteiger partial charge on any atom is -0.493 e. The summed E-state index contributed by atoms with van der Waals surface area (Å²) in [6, 6.07) is 16.3. The summed E-state index contributed by atoms with van der Waals surface area (Å²) in [5.74, 6) is 1.52. The number of nitrogens with zero attached hydrogens (tertiary/aromatic N) is 1. The van der Waals surface area contributed by atoms with Crippen molar-refractivity contribution in [2.24, 2.45) is 11.8 Å². The largest absolute Gasteiger partial charge is 0.493 e. The van der Waals surface area contributed by atoms with Gasteiger partial charge >= 0.3 is 0 Å². The Morgan fingerprint density at radius 2 is 1.82 bits per heavy atom. The van der Waals surface area contributed by atoms with E-state index in [1.54, 1.807) is 43.8 Å².